The van der Waals surface area contributed by atoms with E-state index in [9.17, 15) is 4.79 Å². The number of carbonyl (C=O) groups is 1. The van der Waals surface area contributed by atoms with Crippen molar-refractivity contribution in [3.05, 3.63) is 16.1 Å². The Labute approximate surface area is 149 Å². The van der Waals surface area contributed by atoms with Gasteiger partial charge in [-0.25, -0.2) is 4.98 Å². The summed E-state index contributed by atoms with van der Waals surface area (Å²) >= 11 is 1.64. The fraction of sp³-hybridized carbons (Fsp3) is 0.789. The number of amides is 1. The van der Waals surface area contributed by atoms with E-state index in [1.807, 2.05) is 6.92 Å². The lowest BCUT2D eigenvalue weighted by atomic mass is 9.65. The molecule has 3 unspecified atom stereocenters. The van der Waals surface area contributed by atoms with Crippen LogP contribution in [0.1, 0.15) is 76.5 Å². The first-order valence-corrected chi connectivity index (χ1v) is 10.2. The first-order valence-electron chi connectivity index (χ1n) is 9.27. The van der Waals surface area contributed by atoms with E-state index in [2.05, 4.69) is 31.5 Å². The first-order chi connectivity index (χ1) is 11.3. The summed E-state index contributed by atoms with van der Waals surface area (Å²) in [7, 11) is 0. The molecule has 2 bridgehead atoms. The average molecular weight is 350 g/mol. The highest BCUT2D eigenvalue weighted by atomic mass is 32.1. The number of rotatable bonds is 3. The molecule has 1 heterocycles. The van der Waals surface area contributed by atoms with E-state index in [0.29, 0.717) is 17.9 Å². The number of nitrogens with zero attached hydrogens (tertiary/aromatic N) is 1. The van der Waals surface area contributed by atoms with E-state index >= 15 is 0 Å². The summed E-state index contributed by atoms with van der Waals surface area (Å²) in [6.07, 6.45) is 5.59. The predicted octanol–water partition coefficient (Wildman–Crippen LogP) is 3.77. The molecule has 0 aromatic carbocycles. The van der Waals surface area contributed by atoms with Crippen LogP contribution in [0.5, 0.6) is 0 Å². The van der Waals surface area contributed by atoms with Gasteiger partial charge in [0.25, 0.3) is 0 Å². The van der Waals surface area contributed by atoms with Crippen molar-refractivity contribution in [3.63, 3.8) is 0 Å². The monoisotopic (exact) mass is 349 g/mol. The second-order valence-corrected chi connectivity index (χ2v) is 9.64. The molecule has 2 aliphatic carbocycles. The second-order valence-electron chi connectivity index (χ2n) is 8.75. The third-order valence-electron chi connectivity index (χ3n) is 5.80. The lowest BCUT2D eigenvalue weighted by molar-refractivity contribution is -0.128. The van der Waals surface area contributed by atoms with Gasteiger partial charge in [0.2, 0.25) is 5.91 Å². The van der Waals surface area contributed by atoms with Gasteiger partial charge in [-0.3, -0.25) is 4.79 Å². The third kappa shape index (κ3) is 3.67. The highest BCUT2D eigenvalue weighted by Crippen LogP contribution is 2.42. The zero-order valence-electron chi connectivity index (χ0n) is 15.3. The lowest BCUT2D eigenvalue weighted by Crippen LogP contribution is -2.49. The molecule has 1 amide bonds. The topological polar surface area (TPSA) is 68.0 Å². The molecule has 0 radical (unpaired) electrons. The van der Waals surface area contributed by atoms with Crippen LogP contribution in [0.2, 0.25) is 0 Å². The van der Waals surface area contributed by atoms with E-state index in [1.54, 1.807) is 11.3 Å². The van der Waals surface area contributed by atoms with Gasteiger partial charge in [-0.15, -0.1) is 11.3 Å². The average Bonchev–Trinajstić information content (AvgIpc) is 2.96. The quantitative estimate of drug-likeness (QED) is 0.873. The molecule has 24 heavy (non-hydrogen) atoms. The maximum Gasteiger partial charge on any atom is 0.223 e. The van der Waals surface area contributed by atoms with Gasteiger partial charge < -0.3 is 11.1 Å². The van der Waals surface area contributed by atoms with Gasteiger partial charge in [0.05, 0.1) is 11.7 Å². The minimum absolute atomic E-state index is 0.0194. The summed E-state index contributed by atoms with van der Waals surface area (Å²) < 4.78 is 0. The Morgan fingerprint density at radius 3 is 2.50 bits per heavy atom. The number of nitrogens with two attached hydrogens (primary N) is 1. The van der Waals surface area contributed by atoms with Crippen molar-refractivity contribution >= 4 is 17.2 Å². The molecule has 0 aliphatic heterocycles. The molecule has 1 aromatic heterocycles. The summed E-state index contributed by atoms with van der Waals surface area (Å²) in [5.41, 5.74) is 7.49. The summed E-state index contributed by atoms with van der Waals surface area (Å²) in [4.78, 5) is 17.5. The van der Waals surface area contributed by atoms with Crippen LogP contribution in [0, 0.1) is 17.8 Å². The van der Waals surface area contributed by atoms with Crippen molar-refractivity contribution in [3.8, 4) is 0 Å². The maximum atomic E-state index is 12.7. The molecule has 3 rings (SSSR count). The van der Waals surface area contributed by atoms with E-state index in [-0.39, 0.29) is 23.3 Å². The summed E-state index contributed by atoms with van der Waals surface area (Å²) in [5.74, 6) is 1.40. The second kappa shape index (κ2) is 6.75. The van der Waals surface area contributed by atoms with Gasteiger partial charge in [0.1, 0.15) is 5.01 Å². The maximum absolute atomic E-state index is 12.7. The van der Waals surface area contributed by atoms with Gasteiger partial charge in [0.15, 0.2) is 0 Å². The Kier molecular flexibility index (Phi) is 5.03. The molecule has 4 nitrogen and oxygen atoms in total. The normalized spacial score (nSPS) is 31.5. The van der Waals surface area contributed by atoms with Crippen LogP contribution < -0.4 is 11.1 Å². The Bertz CT molecular complexity index is 578. The molecule has 0 spiro atoms. The smallest absolute Gasteiger partial charge is 0.223 e. The highest BCUT2D eigenvalue weighted by molar-refractivity contribution is 7.09. The fourth-order valence-electron chi connectivity index (χ4n) is 4.23. The van der Waals surface area contributed by atoms with Crippen LogP contribution >= 0.6 is 11.3 Å². The van der Waals surface area contributed by atoms with Crippen LogP contribution in [0.3, 0.4) is 0 Å². The van der Waals surface area contributed by atoms with Crippen molar-refractivity contribution in [1.82, 2.24) is 10.3 Å². The SMILES string of the molecule is CC(NC(=O)C1CC2CCCC(C1)C2N)c1nc(C(C)(C)C)cs1. The first kappa shape index (κ1) is 17.9. The number of carbonyl (C=O) groups excluding carboxylic acids is 1. The molecule has 5 heteroatoms. The number of thiazole rings is 1. The third-order valence-corrected chi connectivity index (χ3v) is 6.83. The molecule has 2 aliphatic rings. The van der Waals surface area contributed by atoms with E-state index < -0.39 is 0 Å². The Balaban J connectivity index is 1.61. The van der Waals surface area contributed by atoms with Crippen molar-refractivity contribution < 1.29 is 4.79 Å². The van der Waals surface area contributed by atoms with Crippen LogP contribution in [-0.4, -0.2) is 16.9 Å². The zero-order valence-corrected chi connectivity index (χ0v) is 16.2. The summed E-state index contributed by atoms with van der Waals surface area (Å²) in [6.45, 7) is 8.54. The van der Waals surface area contributed by atoms with E-state index in [1.165, 1.54) is 19.3 Å². The van der Waals surface area contributed by atoms with Gasteiger partial charge >= 0.3 is 0 Å². The largest absolute Gasteiger partial charge is 0.347 e. The van der Waals surface area contributed by atoms with Crippen LogP contribution in [0.15, 0.2) is 5.38 Å². The fourth-order valence-corrected chi connectivity index (χ4v) is 5.28. The molecule has 134 valence electrons. The Morgan fingerprint density at radius 2 is 1.96 bits per heavy atom. The molecule has 2 saturated carbocycles. The van der Waals surface area contributed by atoms with Crippen LogP contribution in [0.25, 0.3) is 0 Å². The predicted molar refractivity (Wildman–Crippen MR) is 98.9 cm³/mol. The Morgan fingerprint density at radius 1 is 1.33 bits per heavy atom. The number of hydrogen-bond donors (Lipinski definition) is 2. The van der Waals surface area contributed by atoms with Crippen LogP contribution in [0.4, 0.5) is 0 Å². The van der Waals surface area contributed by atoms with Gasteiger partial charge in [0, 0.05) is 22.8 Å². The van der Waals surface area contributed by atoms with Crippen LogP contribution in [-0.2, 0) is 10.2 Å². The minimum atomic E-state index is -0.0194. The minimum Gasteiger partial charge on any atom is -0.347 e. The van der Waals surface area contributed by atoms with E-state index in [0.717, 1.165) is 23.5 Å². The number of fused-ring (bicyclic) bond motifs is 2. The number of nitrogens with one attached hydrogen (secondary N) is 1. The molecule has 3 atom stereocenters. The zero-order chi connectivity index (χ0) is 17.5. The van der Waals surface area contributed by atoms with Crippen molar-refractivity contribution in [2.24, 2.45) is 23.5 Å². The lowest BCUT2D eigenvalue weighted by Gasteiger charge is -2.43. The molecular formula is C19H31N3OS. The van der Waals surface area contributed by atoms with Crippen molar-refractivity contribution in [2.75, 3.05) is 0 Å². The number of hydrogen-bond acceptors (Lipinski definition) is 4. The molecule has 2 fully saturated rings. The summed E-state index contributed by atoms with van der Waals surface area (Å²) in [5, 5.41) is 6.32. The number of aromatic nitrogens is 1. The van der Waals surface area contributed by atoms with Crippen molar-refractivity contribution in [2.45, 2.75) is 77.3 Å². The van der Waals surface area contributed by atoms with Crippen molar-refractivity contribution in [1.29, 1.82) is 0 Å². The van der Waals surface area contributed by atoms with E-state index in [4.69, 9.17) is 10.7 Å². The molecule has 3 N–H and O–H groups in total. The standard InChI is InChI=1S/C19H31N3OS/c1-11(18-22-15(10-24-18)19(2,3)4)21-17(23)14-8-12-6-5-7-13(9-14)16(12)20/h10-14,16H,5-9,20H2,1-4H3,(H,21,23). The van der Waals surface area contributed by atoms with Gasteiger partial charge in [-0.1, -0.05) is 27.2 Å². The molecule has 0 saturated heterocycles. The highest BCUT2D eigenvalue weighted by Gasteiger charge is 2.40. The molecular weight excluding hydrogens is 318 g/mol. The van der Waals surface area contributed by atoms with Gasteiger partial charge in [-0.2, -0.15) is 0 Å². The van der Waals surface area contributed by atoms with Gasteiger partial charge in [-0.05, 0) is 44.4 Å². The summed E-state index contributed by atoms with van der Waals surface area (Å²) in [6, 6.07) is 0.294. The Hall–Kier alpha value is -0.940. The molecule has 1 aromatic rings.